The molecule has 3 N–H and O–H groups in total. The van der Waals surface area contributed by atoms with Crippen LogP contribution in [0, 0.1) is 0 Å². The van der Waals surface area contributed by atoms with Crippen LogP contribution in [0.5, 0.6) is 0 Å². The number of hydrogen-bond acceptors (Lipinski definition) is 3. The highest BCUT2D eigenvalue weighted by atomic mass is 31.2. The molecule has 1 rings (SSSR count). The van der Waals surface area contributed by atoms with Gasteiger partial charge in [-0.3, -0.25) is 18.9 Å². The highest BCUT2D eigenvalue weighted by Gasteiger charge is 2.19. The Balaban J connectivity index is 3.14. The Bertz CT molecular complexity index is 719. The molecule has 0 aromatic carbocycles. The fourth-order valence-corrected chi connectivity index (χ4v) is 2.52. The summed E-state index contributed by atoms with van der Waals surface area (Å²) in [6.07, 6.45) is 3.05. The molecule has 0 saturated carbocycles. The molecule has 21 heavy (non-hydrogen) atoms. The van der Waals surface area contributed by atoms with Crippen molar-refractivity contribution >= 4 is 7.60 Å². The van der Waals surface area contributed by atoms with Gasteiger partial charge in [-0.25, -0.2) is 4.79 Å². The molecule has 0 radical (unpaired) electrons. The number of rotatable bonds is 6. The van der Waals surface area contributed by atoms with Crippen molar-refractivity contribution in [3.63, 3.8) is 0 Å². The highest BCUT2D eigenvalue weighted by Crippen LogP contribution is 2.46. The predicted molar refractivity (Wildman–Crippen MR) is 79.1 cm³/mol. The van der Waals surface area contributed by atoms with Crippen molar-refractivity contribution < 1.29 is 14.4 Å². The lowest BCUT2D eigenvalue weighted by atomic mass is 10.2. The Labute approximate surface area is 121 Å². The van der Waals surface area contributed by atoms with Crippen LogP contribution in [0.4, 0.5) is 0 Å². The van der Waals surface area contributed by atoms with Gasteiger partial charge in [-0.15, -0.1) is 5.73 Å². The molecular formula is C13H19N2O5P. The van der Waals surface area contributed by atoms with Gasteiger partial charge < -0.3 is 9.79 Å². The van der Waals surface area contributed by atoms with Crippen LogP contribution in [0.15, 0.2) is 38.5 Å². The van der Waals surface area contributed by atoms with Gasteiger partial charge in [0.1, 0.15) is 0 Å². The molecule has 0 atom stereocenters. The first-order valence-electron chi connectivity index (χ1n) is 6.55. The topological polar surface area (TPSA) is 112 Å². The summed E-state index contributed by atoms with van der Waals surface area (Å²) in [5, 5.41) is -0.0562. The van der Waals surface area contributed by atoms with Gasteiger partial charge in [0.15, 0.2) is 0 Å². The van der Waals surface area contributed by atoms with E-state index in [4.69, 9.17) is 0 Å². The first-order valence-corrected chi connectivity index (χ1v) is 8.16. The molecule has 116 valence electrons. The molecule has 7 nitrogen and oxygen atoms in total. The van der Waals surface area contributed by atoms with E-state index in [9.17, 15) is 23.9 Å². The Morgan fingerprint density at radius 1 is 1.43 bits per heavy atom. The number of nitrogens with zero attached hydrogens (tertiary/aromatic N) is 1. The van der Waals surface area contributed by atoms with Crippen molar-refractivity contribution in [2.75, 3.05) is 0 Å². The maximum Gasteiger partial charge on any atom is 0.359 e. The summed E-state index contributed by atoms with van der Waals surface area (Å²) in [5.41, 5.74) is 2.13. The molecule has 0 saturated heterocycles. The van der Waals surface area contributed by atoms with E-state index in [1.54, 1.807) is 6.92 Å². The van der Waals surface area contributed by atoms with E-state index in [1.807, 2.05) is 6.92 Å². The predicted octanol–water partition coefficient (Wildman–Crippen LogP) is 1.33. The maximum absolute atomic E-state index is 11.5. The van der Waals surface area contributed by atoms with Gasteiger partial charge >= 0.3 is 13.3 Å². The molecule has 8 heteroatoms. The number of H-pyrrole nitrogens is 1. The molecule has 0 aliphatic rings. The molecule has 0 spiro atoms. The van der Waals surface area contributed by atoms with Gasteiger partial charge in [-0.1, -0.05) is 13.3 Å². The third kappa shape index (κ3) is 5.69. The lowest BCUT2D eigenvalue weighted by Gasteiger charge is -2.07. The molecule has 1 heterocycles. The van der Waals surface area contributed by atoms with E-state index in [0.29, 0.717) is 12.0 Å². The molecule has 0 fully saturated rings. The van der Waals surface area contributed by atoms with Gasteiger partial charge in [-0.05, 0) is 25.3 Å². The summed E-state index contributed by atoms with van der Waals surface area (Å²) in [6.45, 7) is 3.65. The Morgan fingerprint density at radius 3 is 2.62 bits per heavy atom. The zero-order chi connectivity index (χ0) is 16.0. The summed E-state index contributed by atoms with van der Waals surface area (Å²) in [5.74, 6) is 0. The second kappa shape index (κ2) is 7.38. The minimum atomic E-state index is -4.34. The van der Waals surface area contributed by atoms with E-state index in [0.717, 1.165) is 6.42 Å². The van der Waals surface area contributed by atoms with Crippen LogP contribution in [0.25, 0.3) is 0 Å². The van der Waals surface area contributed by atoms with E-state index in [-0.39, 0.29) is 18.3 Å². The minimum absolute atomic E-state index is 0.0562. The molecule has 0 aliphatic heterocycles. The Kier molecular flexibility index (Phi) is 6.12. The van der Waals surface area contributed by atoms with Gasteiger partial charge in [0.25, 0.3) is 5.56 Å². The lowest BCUT2D eigenvalue weighted by molar-refractivity contribution is 0.380. The van der Waals surface area contributed by atoms with Crippen molar-refractivity contribution in [2.24, 2.45) is 0 Å². The van der Waals surface area contributed by atoms with Crippen LogP contribution in [0.2, 0.25) is 0 Å². The average Bonchev–Trinajstić information content (AvgIpc) is 2.36. The number of nitrogens with one attached hydrogen (secondary N) is 1. The van der Waals surface area contributed by atoms with E-state index in [2.05, 4.69) is 10.7 Å². The van der Waals surface area contributed by atoms with E-state index >= 15 is 0 Å². The summed E-state index contributed by atoms with van der Waals surface area (Å²) in [4.78, 5) is 43.2. The summed E-state index contributed by atoms with van der Waals surface area (Å²) in [6, 6.07) is 1.21. The Morgan fingerprint density at radius 2 is 2.10 bits per heavy atom. The monoisotopic (exact) mass is 314 g/mol. The van der Waals surface area contributed by atoms with Crippen molar-refractivity contribution in [1.82, 2.24) is 9.55 Å². The van der Waals surface area contributed by atoms with Crippen molar-refractivity contribution in [3.05, 3.63) is 49.7 Å². The second-order valence-electron chi connectivity index (χ2n) is 4.74. The van der Waals surface area contributed by atoms with Crippen LogP contribution in [-0.4, -0.2) is 19.3 Å². The third-order valence-corrected chi connectivity index (χ3v) is 3.82. The molecule has 0 bridgehead atoms. The zero-order valence-electron chi connectivity index (χ0n) is 12.0. The first kappa shape index (κ1) is 17.4. The van der Waals surface area contributed by atoms with Crippen LogP contribution < -0.4 is 11.2 Å². The maximum atomic E-state index is 11.5. The van der Waals surface area contributed by atoms with Crippen LogP contribution in [-0.2, 0) is 11.1 Å². The molecule has 0 unspecified atom stereocenters. The van der Waals surface area contributed by atoms with Crippen molar-refractivity contribution in [2.45, 2.75) is 39.7 Å². The van der Waals surface area contributed by atoms with Gasteiger partial charge in [0.05, 0.1) is 11.9 Å². The smallest absolute Gasteiger partial charge is 0.321 e. The fraction of sp³-hybridized carbons (Fsp3) is 0.462. The Hall–Kier alpha value is -1.65. The number of aromatic nitrogens is 2. The van der Waals surface area contributed by atoms with E-state index in [1.165, 1.54) is 16.8 Å². The van der Waals surface area contributed by atoms with Gasteiger partial charge in [-0.2, -0.15) is 0 Å². The number of hydrogen-bond donors (Lipinski definition) is 3. The zero-order valence-corrected chi connectivity index (χ0v) is 12.9. The largest absolute Gasteiger partial charge is 0.359 e. The number of allylic oxidation sites excluding steroid dienone is 1. The van der Waals surface area contributed by atoms with Crippen LogP contribution in [0.3, 0.4) is 0 Å². The molecule has 0 aliphatic carbocycles. The quantitative estimate of drug-likeness (QED) is 0.542. The third-order valence-electron chi connectivity index (χ3n) is 2.78. The lowest BCUT2D eigenvalue weighted by Crippen LogP contribution is -2.28. The van der Waals surface area contributed by atoms with Crippen LogP contribution in [0.1, 0.15) is 33.1 Å². The average molecular weight is 314 g/mol. The summed E-state index contributed by atoms with van der Waals surface area (Å²) in [7, 11) is -4.34. The van der Waals surface area contributed by atoms with E-state index < -0.39 is 18.8 Å². The van der Waals surface area contributed by atoms with Gasteiger partial charge in [0.2, 0.25) is 0 Å². The number of unbranched alkanes of at least 4 members (excludes halogenated alkanes) is 1. The summed E-state index contributed by atoms with van der Waals surface area (Å²) < 4.78 is 12.6. The van der Waals surface area contributed by atoms with Gasteiger partial charge in [0, 0.05) is 12.3 Å². The highest BCUT2D eigenvalue weighted by molar-refractivity contribution is 7.56. The fourth-order valence-electron chi connectivity index (χ4n) is 1.74. The molecule has 0 amide bonds. The van der Waals surface area contributed by atoms with Crippen molar-refractivity contribution in [1.29, 1.82) is 0 Å². The van der Waals surface area contributed by atoms with Crippen molar-refractivity contribution in [3.8, 4) is 0 Å². The number of aromatic amines is 1. The summed E-state index contributed by atoms with van der Waals surface area (Å²) >= 11 is 0. The van der Waals surface area contributed by atoms with Crippen LogP contribution >= 0.6 is 7.60 Å². The molecular weight excluding hydrogens is 295 g/mol. The normalized spacial score (nSPS) is 11.0. The molecule has 1 aromatic heterocycles. The second-order valence-corrected chi connectivity index (χ2v) is 6.37. The SMILES string of the molecule is CCCCC(=C=C(C)Cn1ccc(=O)[nH]c1=O)P(=O)(O)O. The standard InChI is InChI=1S/C13H19N2O5P/c1-3-4-5-11(21(18,19)20)8-10(2)9-15-7-6-12(16)14-13(15)17/h6-7H,3-5,9H2,1-2H3,(H,14,16,17)(H2,18,19,20). The first-order chi connectivity index (χ1) is 9.74. The minimum Gasteiger partial charge on any atom is -0.321 e. The molecule has 1 aromatic rings.